The van der Waals surface area contributed by atoms with E-state index < -0.39 is 6.04 Å². The van der Waals surface area contributed by atoms with Crippen LogP contribution in [0, 0.1) is 5.92 Å². The van der Waals surface area contributed by atoms with Gasteiger partial charge in [0.25, 0.3) is 0 Å². The third kappa shape index (κ3) is 7.41. The number of hydrogen-bond acceptors (Lipinski definition) is 4. The van der Waals surface area contributed by atoms with Crippen LogP contribution in [0.15, 0.2) is 59.7 Å². The van der Waals surface area contributed by atoms with Gasteiger partial charge in [-0.2, -0.15) is 0 Å². The van der Waals surface area contributed by atoms with E-state index in [1.807, 2.05) is 36.4 Å². The first-order chi connectivity index (χ1) is 17.0. The zero-order valence-corrected chi connectivity index (χ0v) is 21.0. The second-order valence-electron chi connectivity index (χ2n) is 9.41. The summed E-state index contributed by atoms with van der Waals surface area (Å²) in [7, 11) is 0. The predicted octanol–water partition coefficient (Wildman–Crippen LogP) is 6.75. The highest BCUT2D eigenvalue weighted by atomic mass is 16.2. The van der Waals surface area contributed by atoms with E-state index in [9.17, 15) is 9.59 Å². The molecule has 0 N–H and O–H groups in total. The zero-order valence-electron chi connectivity index (χ0n) is 21.0. The number of hydrogen-bond donors (Lipinski definition) is 0. The van der Waals surface area contributed by atoms with Crippen molar-refractivity contribution in [3.63, 3.8) is 0 Å². The van der Waals surface area contributed by atoms with Crippen LogP contribution in [-0.2, 0) is 22.7 Å². The van der Waals surface area contributed by atoms with Crippen LogP contribution in [0.5, 0.6) is 0 Å². The zero-order chi connectivity index (χ0) is 25.0. The molecule has 1 fully saturated rings. The minimum atomic E-state index is -0.421. The predicted molar refractivity (Wildman–Crippen MR) is 139 cm³/mol. The summed E-state index contributed by atoms with van der Waals surface area (Å²) in [6, 6.07) is 17.2. The van der Waals surface area contributed by atoms with Crippen molar-refractivity contribution in [3.8, 4) is 0 Å². The molecular formula is C28H37N5O2. The van der Waals surface area contributed by atoms with Crippen LogP contribution in [0.3, 0.4) is 0 Å². The first-order valence-corrected chi connectivity index (χ1v) is 12.8. The van der Waals surface area contributed by atoms with E-state index in [0.29, 0.717) is 25.3 Å². The topological polar surface area (TPSA) is 89.4 Å². The standard InChI is InChI=1S/C28H37N5O2/c1-3-4-19-33(22(2)34)28(35)27(24-15-9-6-10-16-24)32(20-23-13-7-5-8-14-23)21-25-17-11-12-18-26(25)30-31-29/h5,7-8,11-14,17-18,24,27H,3-4,6,9-10,15-16,19-21H2,1-2H3. The molecule has 0 heterocycles. The maximum Gasteiger partial charge on any atom is 0.246 e. The average molecular weight is 476 g/mol. The second kappa shape index (κ2) is 13.7. The highest BCUT2D eigenvalue weighted by Gasteiger charge is 2.38. The number of amides is 2. The third-order valence-corrected chi connectivity index (χ3v) is 6.87. The van der Waals surface area contributed by atoms with E-state index in [4.69, 9.17) is 5.53 Å². The van der Waals surface area contributed by atoms with Gasteiger partial charge in [0.2, 0.25) is 11.8 Å². The number of carbonyl (C=O) groups excluding carboxylic acids is 2. The maximum atomic E-state index is 14.1. The number of nitrogens with zero attached hydrogens (tertiary/aromatic N) is 5. The first kappa shape index (κ1) is 26.5. The summed E-state index contributed by atoms with van der Waals surface area (Å²) in [6.45, 7) is 5.02. The number of benzene rings is 2. The van der Waals surface area contributed by atoms with Crippen molar-refractivity contribution in [2.24, 2.45) is 11.0 Å². The molecule has 0 spiro atoms. The van der Waals surface area contributed by atoms with Crippen molar-refractivity contribution in [3.05, 3.63) is 76.2 Å². The van der Waals surface area contributed by atoms with Crippen LogP contribution < -0.4 is 0 Å². The molecule has 1 aliphatic rings. The molecule has 2 aromatic rings. The van der Waals surface area contributed by atoms with Gasteiger partial charge in [-0.25, -0.2) is 0 Å². The Morgan fingerprint density at radius 1 is 1.03 bits per heavy atom. The number of rotatable bonds is 11. The van der Waals surface area contributed by atoms with Gasteiger partial charge < -0.3 is 0 Å². The minimum Gasteiger partial charge on any atom is -0.283 e. The highest BCUT2D eigenvalue weighted by Crippen LogP contribution is 2.33. The normalized spacial score (nSPS) is 14.8. The lowest BCUT2D eigenvalue weighted by atomic mass is 9.82. The van der Waals surface area contributed by atoms with E-state index in [2.05, 4.69) is 34.0 Å². The smallest absolute Gasteiger partial charge is 0.246 e. The fourth-order valence-corrected chi connectivity index (χ4v) is 5.08. The Morgan fingerprint density at radius 3 is 2.37 bits per heavy atom. The quantitative estimate of drug-likeness (QED) is 0.204. The largest absolute Gasteiger partial charge is 0.283 e. The van der Waals surface area contributed by atoms with Gasteiger partial charge in [0, 0.05) is 37.2 Å². The monoisotopic (exact) mass is 475 g/mol. The van der Waals surface area contributed by atoms with E-state index in [1.165, 1.54) is 18.2 Å². The molecule has 0 aromatic heterocycles. The minimum absolute atomic E-state index is 0.102. The van der Waals surface area contributed by atoms with Crippen LogP contribution in [0.25, 0.3) is 10.4 Å². The molecule has 186 valence electrons. The molecule has 35 heavy (non-hydrogen) atoms. The summed E-state index contributed by atoms with van der Waals surface area (Å²) in [6.07, 6.45) is 7.02. The molecule has 1 saturated carbocycles. The van der Waals surface area contributed by atoms with Crippen molar-refractivity contribution in [2.75, 3.05) is 6.54 Å². The van der Waals surface area contributed by atoms with E-state index in [0.717, 1.165) is 49.7 Å². The second-order valence-corrected chi connectivity index (χ2v) is 9.41. The molecule has 7 nitrogen and oxygen atoms in total. The van der Waals surface area contributed by atoms with Crippen LogP contribution in [0.4, 0.5) is 5.69 Å². The van der Waals surface area contributed by atoms with Gasteiger partial charge >= 0.3 is 0 Å². The molecule has 0 bridgehead atoms. The number of imide groups is 1. The Balaban J connectivity index is 2.04. The van der Waals surface area contributed by atoms with Gasteiger partial charge in [-0.05, 0) is 41.8 Å². The van der Waals surface area contributed by atoms with Crippen molar-refractivity contribution in [1.82, 2.24) is 9.80 Å². The van der Waals surface area contributed by atoms with Gasteiger partial charge in [0.1, 0.15) is 0 Å². The lowest BCUT2D eigenvalue weighted by molar-refractivity contribution is -0.149. The van der Waals surface area contributed by atoms with Crippen LogP contribution in [0.2, 0.25) is 0 Å². The van der Waals surface area contributed by atoms with E-state index >= 15 is 0 Å². The number of unbranched alkanes of at least 4 members (excludes halogenated alkanes) is 1. The summed E-state index contributed by atoms with van der Waals surface area (Å²) < 4.78 is 0. The average Bonchev–Trinajstić information content (AvgIpc) is 2.87. The molecule has 0 saturated heterocycles. The van der Waals surface area contributed by atoms with Gasteiger partial charge in [-0.15, -0.1) is 0 Å². The molecule has 0 aliphatic heterocycles. The van der Waals surface area contributed by atoms with Gasteiger partial charge in [-0.1, -0.05) is 92.3 Å². The van der Waals surface area contributed by atoms with Gasteiger partial charge in [-0.3, -0.25) is 19.4 Å². The lowest BCUT2D eigenvalue weighted by Crippen LogP contribution is -2.53. The molecule has 1 atom stereocenters. The van der Waals surface area contributed by atoms with Gasteiger partial charge in [0.05, 0.1) is 6.04 Å². The Kier molecular flexibility index (Phi) is 10.3. The van der Waals surface area contributed by atoms with Crippen molar-refractivity contribution in [1.29, 1.82) is 0 Å². The summed E-state index contributed by atoms with van der Waals surface area (Å²) in [5, 5.41) is 3.89. The van der Waals surface area contributed by atoms with Crippen LogP contribution in [-0.4, -0.2) is 34.2 Å². The molecular weight excluding hydrogens is 438 g/mol. The summed E-state index contributed by atoms with van der Waals surface area (Å²) >= 11 is 0. The molecule has 2 aromatic carbocycles. The SMILES string of the molecule is CCCCN(C(C)=O)C(=O)C(C1CCCCC1)N(Cc1ccccc1)Cc1ccccc1N=[N+]=[N-]. The van der Waals surface area contributed by atoms with Crippen molar-refractivity contribution < 1.29 is 9.59 Å². The molecule has 0 radical (unpaired) electrons. The Bertz CT molecular complexity index is 1010. The third-order valence-electron chi connectivity index (χ3n) is 6.87. The Hall–Kier alpha value is -3.15. The molecule has 3 rings (SSSR count). The summed E-state index contributed by atoms with van der Waals surface area (Å²) in [4.78, 5) is 33.3. The van der Waals surface area contributed by atoms with Crippen LogP contribution >= 0.6 is 0 Å². The number of azide groups is 1. The fraction of sp³-hybridized carbons (Fsp3) is 0.500. The van der Waals surface area contributed by atoms with Gasteiger partial charge in [0.15, 0.2) is 0 Å². The lowest BCUT2D eigenvalue weighted by Gasteiger charge is -2.40. The Morgan fingerprint density at radius 2 is 1.71 bits per heavy atom. The highest BCUT2D eigenvalue weighted by molar-refractivity contribution is 5.97. The summed E-state index contributed by atoms with van der Waals surface area (Å²) in [5.74, 6) is -0.122. The maximum absolute atomic E-state index is 14.1. The molecule has 1 aliphatic carbocycles. The first-order valence-electron chi connectivity index (χ1n) is 12.8. The summed E-state index contributed by atoms with van der Waals surface area (Å²) in [5.41, 5.74) is 11.6. The van der Waals surface area contributed by atoms with E-state index in [-0.39, 0.29) is 17.7 Å². The molecule has 2 amide bonds. The fourth-order valence-electron chi connectivity index (χ4n) is 5.08. The number of carbonyl (C=O) groups is 2. The Labute approximate surface area is 208 Å². The molecule has 7 heteroatoms. The van der Waals surface area contributed by atoms with Crippen LogP contribution in [0.1, 0.15) is 69.9 Å². The van der Waals surface area contributed by atoms with E-state index in [1.54, 1.807) is 6.07 Å². The van der Waals surface area contributed by atoms with Crippen molar-refractivity contribution in [2.45, 2.75) is 77.9 Å². The molecule has 1 unspecified atom stereocenters. The van der Waals surface area contributed by atoms with Crippen molar-refractivity contribution >= 4 is 17.5 Å².